The Hall–Kier alpha value is -2.15. The van der Waals surface area contributed by atoms with Crippen molar-refractivity contribution < 1.29 is 13.6 Å². The standard InChI is InChI=1S/C17H16BrF2N3O/c18-13-3-1-2-4-16(13)21-17(24)23-9-7-22(8-10-23)12-5-6-14(19)15(20)11-12/h1-6,11H,7-10H2,(H,21,24). The molecule has 0 unspecified atom stereocenters. The zero-order chi connectivity index (χ0) is 17.1. The molecule has 1 aliphatic heterocycles. The van der Waals surface area contributed by atoms with E-state index in [0.29, 0.717) is 37.6 Å². The van der Waals surface area contributed by atoms with Gasteiger partial charge in [-0.1, -0.05) is 12.1 Å². The summed E-state index contributed by atoms with van der Waals surface area (Å²) in [7, 11) is 0. The fourth-order valence-corrected chi connectivity index (χ4v) is 2.99. The van der Waals surface area contributed by atoms with Crippen molar-refractivity contribution in [3.05, 3.63) is 58.6 Å². The summed E-state index contributed by atoms with van der Waals surface area (Å²) in [6.07, 6.45) is 0. The van der Waals surface area contributed by atoms with Gasteiger partial charge in [-0.15, -0.1) is 0 Å². The number of anilines is 2. The number of piperazine rings is 1. The number of hydrogen-bond acceptors (Lipinski definition) is 2. The molecule has 1 N–H and O–H groups in total. The van der Waals surface area contributed by atoms with E-state index in [9.17, 15) is 13.6 Å². The molecule has 24 heavy (non-hydrogen) atoms. The molecule has 0 aliphatic carbocycles. The fraction of sp³-hybridized carbons (Fsp3) is 0.235. The Labute approximate surface area is 147 Å². The average Bonchev–Trinajstić information content (AvgIpc) is 2.59. The molecule has 1 aliphatic rings. The summed E-state index contributed by atoms with van der Waals surface area (Å²) in [4.78, 5) is 16.0. The van der Waals surface area contributed by atoms with Gasteiger partial charge >= 0.3 is 6.03 Å². The lowest BCUT2D eigenvalue weighted by molar-refractivity contribution is 0.208. The maximum absolute atomic E-state index is 13.3. The molecular formula is C17H16BrF2N3O. The van der Waals surface area contributed by atoms with Crippen molar-refractivity contribution in [3.8, 4) is 0 Å². The number of nitrogens with zero attached hydrogens (tertiary/aromatic N) is 2. The molecule has 1 heterocycles. The molecule has 0 bridgehead atoms. The van der Waals surface area contributed by atoms with Crippen LogP contribution in [0.15, 0.2) is 46.9 Å². The number of carbonyl (C=O) groups is 1. The van der Waals surface area contributed by atoms with Crippen molar-refractivity contribution >= 4 is 33.3 Å². The third-order valence-electron chi connectivity index (χ3n) is 3.95. The Balaban J connectivity index is 1.59. The lowest BCUT2D eigenvalue weighted by atomic mass is 10.2. The maximum atomic E-state index is 13.3. The molecular weight excluding hydrogens is 380 g/mol. The SMILES string of the molecule is O=C(Nc1ccccc1Br)N1CCN(c2ccc(F)c(F)c2)CC1. The van der Waals surface area contributed by atoms with Gasteiger partial charge in [0, 0.05) is 42.4 Å². The van der Waals surface area contributed by atoms with Crippen molar-refractivity contribution in [1.82, 2.24) is 4.90 Å². The highest BCUT2D eigenvalue weighted by Crippen LogP contribution is 2.23. The maximum Gasteiger partial charge on any atom is 0.321 e. The summed E-state index contributed by atoms with van der Waals surface area (Å²) >= 11 is 3.39. The highest BCUT2D eigenvalue weighted by Gasteiger charge is 2.22. The van der Waals surface area contributed by atoms with E-state index in [4.69, 9.17) is 0 Å². The molecule has 2 amide bonds. The zero-order valence-corrected chi connectivity index (χ0v) is 14.4. The second-order valence-electron chi connectivity index (χ2n) is 5.48. The van der Waals surface area contributed by atoms with Crippen LogP contribution < -0.4 is 10.2 Å². The highest BCUT2D eigenvalue weighted by atomic mass is 79.9. The van der Waals surface area contributed by atoms with Gasteiger partial charge in [-0.05, 0) is 40.2 Å². The molecule has 2 aromatic carbocycles. The number of benzene rings is 2. The predicted molar refractivity (Wildman–Crippen MR) is 93.3 cm³/mol. The van der Waals surface area contributed by atoms with Crippen LogP contribution in [0.5, 0.6) is 0 Å². The van der Waals surface area contributed by atoms with Crippen LogP contribution in [0.25, 0.3) is 0 Å². The van der Waals surface area contributed by atoms with Gasteiger partial charge in [0.2, 0.25) is 0 Å². The van der Waals surface area contributed by atoms with Crippen LogP contribution in [-0.4, -0.2) is 37.1 Å². The second-order valence-corrected chi connectivity index (χ2v) is 6.34. The normalized spacial score (nSPS) is 14.6. The first-order chi connectivity index (χ1) is 11.5. The first kappa shape index (κ1) is 16.7. The molecule has 3 rings (SSSR count). The first-order valence-electron chi connectivity index (χ1n) is 7.55. The molecule has 0 aromatic heterocycles. The molecule has 0 saturated carbocycles. The van der Waals surface area contributed by atoms with Crippen molar-refractivity contribution in [1.29, 1.82) is 0 Å². The minimum absolute atomic E-state index is 0.174. The largest absolute Gasteiger partial charge is 0.368 e. The van der Waals surface area contributed by atoms with Crippen LogP contribution in [0.4, 0.5) is 25.0 Å². The van der Waals surface area contributed by atoms with E-state index in [1.807, 2.05) is 29.2 Å². The molecule has 0 spiro atoms. The summed E-state index contributed by atoms with van der Waals surface area (Å²) in [6.45, 7) is 2.15. The smallest absolute Gasteiger partial charge is 0.321 e. The van der Waals surface area contributed by atoms with Gasteiger partial charge in [0.1, 0.15) is 0 Å². The number of rotatable bonds is 2. The van der Waals surface area contributed by atoms with E-state index in [0.717, 1.165) is 10.5 Å². The van der Waals surface area contributed by atoms with Crippen molar-refractivity contribution in [3.63, 3.8) is 0 Å². The van der Waals surface area contributed by atoms with Gasteiger partial charge < -0.3 is 15.1 Å². The Bertz CT molecular complexity index is 748. The number of urea groups is 1. The quantitative estimate of drug-likeness (QED) is 0.831. The number of para-hydroxylation sites is 1. The van der Waals surface area contributed by atoms with Gasteiger partial charge in [-0.2, -0.15) is 0 Å². The Morgan fingerprint density at radius 3 is 2.38 bits per heavy atom. The summed E-state index contributed by atoms with van der Waals surface area (Å²) in [5, 5.41) is 2.86. The number of nitrogens with one attached hydrogen (secondary N) is 1. The van der Waals surface area contributed by atoms with Gasteiger partial charge in [0.15, 0.2) is 11.6 Å². The third kappa shape index (κ3) is 3.67. The van der Waals surface area contributed by atoms with Crippen molar-refractivity contribution in [2.24, 2.45) is 0 Å². The first-order valence-corrected chi connectivity index (χ1v) is 8.34. The van der Waals surface area contributed by atoms with E-state index >= 15 is 0 Å². The zero-order valence-electron chi connectivity index (χ0n) is 12.8. The van der Waals surface area contributed by atoms with Gasteiger partial charge in [0.05, 0.1) is 5.69 Å². The van der Waals surface area contributed by atoms with Gasteiger partial charge in [-0.3, -0.25) is 0 Å². The minimum Gasteiger partial charge on any atom is -0.368 e. The minimum atomic E-state index is -0.860. The average molecular weight is 396 g/mol. The van der Waals surface area contributed by atoms with E-state index in [1.54, 1.807) is 11.0 Å². The van der Waals surface area contributed by atoms with Crippen molar-refractivity contribution in [2.75, 3.05) is 36.4 Å². The molecule has 7 heteroatoms. The summed E-state index contributed by atoms with van der Waals surface area (Å²) in [5.41, 5.74) is 1.34. The summed E-state index contributed by atoms with van der Waals surface area (Å²) in [5.74, 6) is -1.72. The number of hydrogen-bond donors (Lipinski definition) is 1. The Kier molecular flexibility index (Phi) is 4.99. The predicted octanol–water partition coefficient (Wildman–Crippen LogP) is 4.08. The van der Waals surface area contributed by atoms with Crippen LogP contribution in [0.1, 0.15) is 0 Å². The molecule has 0 radical (unpaired) electrons. The lowest BCUT2D eigenvalue weighted by Crippen LogP contribution is -2.50. The molecule has 1 saturated heterocycles. The Morgan fingerprint density at radius 2 is 1.71 bits per heavy atom. The van der Waals surface area contributed by atoms with Crippen LogP contribution >= 0.6 is 15.9 Å². The van der Waals surface area contributed by atoms with Crippen LogP contribution in [0, 0.1) is 11.6 Å². The Morgan fingerprint density at radius 1 is 1.00 bits per heavy atom. The van der Waals surface area contributed by atoms with Crippen LogP contribution in [0.2, 0.25) is 0 Å². The molecule has 126 valence electrons. The fourth-order valence-electron chi connectivity index (χ4n) is 2.61. The molecule has 1 fully saturated rings. The third-order valence-corrected chi connectivity index (χ3v) is 4.64. The number of amides is 2. The van der Waals surface area contributed by atoms with Crippen LogP contribution in [0.3, 0.4) is 0 Å². The second kappa shape index (κ2) is 7.17. The lowest BCUT2D eigenvalue weighted by Gasteiger charge is -2.36. The molecule has 0 atom stereocenters. The molecule has 2 aromatic rings. The van der Waals surface area contributed by atoms with E-state index in [2.05, 4.69) is 21.2 Å². The summed E-state index contributed by atoms with van der Waals surface area (Å²) < 4.78 is 27.2. The van der Waals surface area contributed by atoms with Crippen LogP contribution in [-0.2, 0) is 0 Å². The van der Waals surface area contributed by atoms with E-state index in [1.165, 1.54) is 6.07 Å². The highest BCUT2D eigenvalue weighted by molar-refractivity contribution is 9.10. The number of halogens is 3. The van der Waals surface area contributed by atoms with E-state index < -0.39 is 11.6 Å². The van der Waals surface area contributed by atoms with Crippen molar-refractivity contribution in [2.45, 2.75) is 0 Å². The summed E-state index contributed by atoms with van der Waals surface area (Å²) in [6, 6.07) is 11.1. The van der Waals surface area contributed by atoms with E-state index in [-0.39, 0.29) is 6.03 Å². The number of carbonyl (C=O) groups excluding carboxylic acids is 1. The van der Waals surface area contributed by atoms with Gasteiger partial charge in [0.25, 0.3) is 0 Å². The monoisotopic (exact) mass is 395 g/mol. The topological polar surface area (TPSA) is 35.6 Å². The molecule has 4 nitrogen and oxygen atoms in total. The van der Waals surface area contributed by atoms with Gasteiger partial charge in [-0.25, -0.2) is 13.6 Å².